The fourth-order valence-corrected chi connectivity index (χ4v) is 2.21. The van der Waals surface area contributed by atoms with Gasteiger partial charge in [-0.3, -0.25) is 0 Å². The van der Waals surface area contributed by atoms with Crippen molar-refractivity contribution in [2.45, 2.75) is 48.1 Å². The van der Waals surface area contributed by atoms with Crippen molar-refractivity contribution in [3.05, 3.63) is 30.1 Å². The molecule has 0 aliphatic heterocycles. The molecule has 1 N–H and O–H groups in total. The number of nitrogens with zero attached hydrogens (tertiary/aromatic N) is 3. The number of carbonyl (C=O) groups is 2. The Bertz CT molecular complexity index is 849. The number of aromatic nitrogens is 2. The molecule has 30 heavy (non-hydrogen) atoms. The Morgan fingerprint density at radius 1 is 1.07 bits per heavy atom. The SMILES string of the molecule is CC(C)(C)COC(=O)N(C(=O)OCC(C)(C)C)c1ncccc1-c1cc(CO)no1. The molecule has 0 saturated heterocycles. The standard InChI is InChI=1S/C21H29N3O6/c1-20(2,3)12-28-18(26)24(19(27)29-13-21(4,5)6)17-15(8-7-9-22-17)16-10-14(11-25)23-30-16/h7-10,25H,11-13H2,1-6H3. The summed E-state index contributed by atoms with van der Waals surface area (Å²) in [4.78, 5) is 30.7. The molecular formula is C21H29N3O6. The van der Waals surface area contributed by atoms with Gasteiger partial charge in [-0.15, -0.1) is 0 Å². The number of hydrogen-bond acceptors (Lipinski definition) is 8. The lowest BCUT2D eigenvalue weighted by molar-refractivity contribution is 0.0953. The minimum atomic E-state index is -0.911. The summed E-state index contributed by atoms with van der Waals surface area (Å²) in [6, 6.07) is 4.74. The van der Waals surface area contributed by atoms with E-state index < -0.39 is 12.2 Å². The van der Waals surface area contributed by atoms with Crippen LogP contribution in [0.1, 0.15) is 47.2 Å². The first kappa shape index (κ1) is 23.3. The van der Waals surface area contributed by atoms with Crippen molar-refractivity contribution in [1.29, 1.82) is 0 Å². The first-order valence-corrected chi connectivity index (χ1v) is 9.57. The molecule has 9 heteroatoms. The quantitative estimate of drug-likeness (QED) is 0.758. The zero-order valence-corrected chi connectivity index (χ0v) is 18.3. The molecule has 0 saturated carbocycles. The number of aliphatic hydroxyl groups excluding tert-OH is 1. The molecule has 0 spiro atoms. The molecular weight excluding hydrogens is 390 g/mol. The van der Waals surface area contributed by atoms with E-state index >= 15 is 0 Å². The van der Waals surface area contributed by atoms with E-state index in [1.165, 1.54) is 12.3 Å². The van der Waals surface area contributed by atoms with E-state index in [4.69, 9.17) is 14.0 Å². The van der Waals surface area contributed by atoms with Gasteiger partial charge < -0.3 is 19.1 Å². The van der Waals surface area contributed by atoms with Gasteiger partial charge in [0.25, 0.3) is 0 Å². The molecule has 164 valence electrons. The van der Waals surface area contributed by atoms with E-state index in [-0.39, 0.29) is 42.2 Å². The van der Waals surface area contributed by atoms with Gasteiger partial charge in [0.2, 0.25) is 0 Å². The Morgan fingerprint density at radius 3 is 2.10 bits per heavy atom. The number of hydrogen-bond donors (Lipinski definition) is 1. The predicted octanol–water partition coefficient (Wildman–Crippen LogP) is 4.40. The molecule has 2 rings (SSSR count). The summed E-state index contributed by atoms with van der Waals surface area (Å²) in [7, 11) is 0. The number of carbonyl (C=O) groups excluding carboxylic acids is 2. The van der Waals surface area contributed by atoms with Crippen LogP contribution in [0, 0.1) is 10.8 Å². The Hall–Kier alpha value is -2.94. The van der Waals surface area contributed by atoms with Gasteiger partial charge in [-0.05, 0) is 23.0 Å². The highest BCUT2D eigenvalue weighted by atomic mass is 16.6. The van der Waals surface area contributed by atoms with Crippen LogP contribution in [-0.2, 0) is 16.1 Å². The number of anilines is 1. The summed E-state index contributed by atoms with van der Waals surface area (Å²) in [5.41, 5.74) is 0.0248. The Kier molecular flexibility index (Phi) is 7.20. The molecule has 0 aromatic carbocycles. The molecule has 0 bridgehead atoms. The highest BCUT2D eigenvalue weighted by molar-refractivity contribution is 6.10. The van der Waals surface area contributed by atoms with E-state index in [2.05, 4.69) is 10.1 Å². The number of aliphatic hydroxyl groups is 1. The van der Waals surface area contributed by atoms with Crippen LogP contribution in [0.4, 0.5) is 15.4 Å². The predicted molar refractivity (Wildman–Crippen MR) is 110 cm³/mol. The summed E-state index contributed by atoms with van der Waals surface area (Å²) in [6.45, 7) is 11.3. The van der Waals surface area contributed by atoms with Crippen LogP contribution in [0.25, 0.3) is 11.3 Å². The molecule has 0 atom stereocenters. The largest absolute Gasteiger partial charge is 0.448 e. The van der Waals surface area contributed by atoms with Crippen LogP contribution in [0.15, 0.2) is 28.9 Å². The minimum absolute atomic E-state index is 0.0176. The van der Waals surface area contributed by atoms with Crippen LogP contribution in [0.3, 0.4) is 0 Å². The molecule has 0 unspecified atom stereocenters. The third-order valence-electron chi connectivity index (χ3n) is 3.61. The maximum absolute atomic E-state index is 12.9. The zero-order valence-electron chi connectivity index (χ0n) is 18.3. The molecule has 2 amide bonds. The smallest absolute Gasteiger partial charge is 0.425 e. The van der Waals surface area contributed by atoms with E-state index in [0.717, 1.165) is 4.90 Å². The number of amides is 2. The average Bonchev–Trinajstić information content (AvgIpc) is 3.13. The first-order chi connectivity index (χ1) is 13.9. The van der Waals surface area contributed by atoms with Crippen molar-refractivity contribution in [3.63, 3.8) is 0 Å². The fourth-order valence-electron chi connectivity index (χ4n) is 2.21. The lowest BCUT2D eigenvalue weighted by Gasteiger charge is -2.25. The molecule has 0 aliphatic carbocycles. The van der Waals surface area contributed by atoms with Crippen molar-refractivity contribution in [3.8, 4) is 11.3 Å². The van der Waals surface area contributed by atoms with E-state index in [1.54, 1.807) is 12.1 Å². The maximum atomic E-state index is 12.9. The van der Waals surface area contributed by atoms with Gasteiger partial charge in [-0.2, -0.15) is 4.90 Å². The molecule has 0 radical (unpaired) electrons. The van der Waals surface area contributed by atoms with Crippen LogP contribution in [-0.4, -0.2) is 40.6 Å². The summed E-state index contributed by atoms with van der Waals surface area (Å²) >= 11 is 0. The van der Waals surface area contributed by atoms with Gasteiger partial charge in [-0.1, -0.05) is 46.7 Å². The molecule has 2 aromatic rings. The second-order valence-electron chi connectivity index (χ2n) is 9.28. The monoisotopic (exact) mass is 419 g/mol. The highest BCUT2D eigenvalue weighted by Crippen LogP contribution is 2.31. The number of pyridine rings is 1. The Balaban J connectivity index is 2.43. The Labute approximate surface area is 176 Å². The normalized spacial score (nSPS) is 11.8. The molecule has 2 heterocycles. The van der Waals surface area contributed by atoms with Crippen LogP contribution < -0.4 is 4.90 Å². The number of imide groups is 1. The van der Waals surface area contributed by atoms with Gasteiger partial charge in [0.1, 0.15) is 5.69 Å². The third-order valence-corrected chi connectivity index (χ3v) is 3.61. The van der Waals surface area contributed by atoms with Crippen LogP contribution in [0.5, 0.6) is 0 Å². The minimum Gasteiger partial charge on any atom is -0.448 e. The maximum Gasteiger partial charge on any atom is 0.425 e. The first-order valence-electron chi connectivity index (χ1n) is 9.57. The zero-order chi connectivity index (χ0) is 22.5. The van der Waals surface area contributed by atoms with Crippen molar-refractivity contribution in [2.24, 2.45) is 10.8 Å². The second kappa shape index (κ2) is 9.25. The van der Waals surface area contributed by atoms with E-state index in [9.17, 15) is 14.7 Å². The molecule has 0 fully saturated rings. The van der Waals surface area contributed by atoms with Crippen molar-refractivity contribution in [1.82, 2.24) is 10.1 Å². The van der Waals surface area contributed by atoms with Gasteiger partial charge in [-0.25, -0.2) is 14.6 Å². The summed E-state index contributed by atoms with van der Waals surface area (Å²) in [5.74, 6) is 0.218. The fraction of sp³-hybridized carbons (Fsp3) is 0.524. The van der Waals surface area contributed by atoms with Crippen molar-refractivity contribution >= 4 is 18.0 Å². The third kappa shape index (κ3) is 6.55. The topological polar surface area (TPSA) is 115 Å². The summed E-state index contributed by atoms with van der Waals surface area (Å²) < 4.78 is 15.9. The van der Waals surface area contributed by atoms with Crippen molar-refractivity contribution < 1.29 is 28.7 Å². The van der Waals surface area contributed by atoms with Gasteiger partial charge in [0, 0.05) is 12.3 Å². The lowest BCUT2D eigenvalue weighted by atomic mass is 9.99. The lowest BCUT2D eigenvalue weighted by Crippen LogP contribution is -2.41. The van der Waals surface area contributed by atoms with E-state index in [1.807, 2.05) is 41.5 Å². The summed E-state index contributed by atoms with van der Waals surface area (Å²) in [5, 5.41) is 13.0. The summed E-state index contributed by atoms with van der Waals surface area (Å²) in [6.07, 6.45) is -0.389. The van der Waals surface area contributed by atoms with Crippen molar-refractivity contribution in [2.75, 3.05) is 18.1 Å². The van der Waals surface area contributed by atoms with Gasteiger partial charge in [0.15, 0.2) is 11.6 Å². The number of rotatable bonds is 5. The van der Waals surface area contributed by atoms with E-state index in [0.29, 0.717) is 11.3 Å². The molecule has 2 aromatic heterocycles. The van der Waals surface area contributed by atoms with Crippen LogP contribution >= 0.6 is 0 Å². The van der Waals surface area contributed by atoms with Gasteiger partial charge in [0.05, 0.1) is 25.4 Å². The average molecular weight is 419 g/mol. The number of ether oxygens (including phenoxy) is 2. The molecule has 0 aliphatic rings. The molecule has 9 nitrogen and oxygen atoms in total. The Morgan fingerprint density at radius 2 is 1.63 bits per heavy atom. The highest BCUT2D eigenvalue weighted by Gasteiger charge is 2.33. The van der Waals surface area contributed by atoms with Gasteiger partial charge >= 0.3 is 12.2 Å². The van der Waals surface area contributed by atoms with Crippen LogP contribution in [0.2, 0.25) is 0 Å². The second-order valence-corrected chi connectivity index (χ2v) is 9.28.